The fourth-order valence-corrected chi connectivity index (χ4v) is 3.27. The van der Waals surface area contributed by atoms with Crippen LogP contribution in [0.3, 0.4) is 0 Å². The normalized spacial score (nSPS) is 22.4. The number of benzene rings is 1. The summed E-state index contributed by atoms with van der Waals surface area (Å²) in [5, 5.41) is 8.64. The quantitative estimate of drug-likeness (QED) is 0.767. The predicted octanol–water partition coefficient (Wildman–Crippen LogP) is 4.89. The van der Waals surface area contributed by atoms with Gasteiger partial charge in [-0.05, 0) is 64.9 Å². The first kappa shape index (κ1) is 16.1. The Hall–Kier alpha value is -1.29. The SMILES string of the molecule is CCC1CCCC(Oc2ccc(C=CC(=O)O)cc2Br)C1. The molecule has 0 heterocycles. The van der Waals surface area contributed by atoms with Crippen LogP contribution in [0.5, 0.6) is 5.75 Å². The monoisotopic (exact) mass is 352 g/mol. The molecular formula is C17H21BrO3. The van der Waals surface area contributed by atoms with Gasteiger partial charge >= 0.3 is 5.97 Å². The van der Waals surface area contributed by atoms with Crippen molar-refractivity contribution in [3.8, 4) is 5.75 Å². The van der Waals surface area contributed by atoms with Crippen LogP contribution < -0.4 is 4.74 Å². The fraction of sp³-hybridized carbons (Fsp3) is 0.471. The van der Waals surface area contributed by atoms with Crippen LogP contribution in [0.2, 0.25) is 0 Å². The molecule has 0 aromatic heterocycles. The maximum absolute atomic E-state index is 10.5. The summed E-state index contributed by atoms with van der Waals surface area (Å²) in [6.45, 7) is 2.24. The van der Waals surface area contributed by atoms with Gasteiger partial charge in [0.2, 0.25) is 0 Å². The van der Waals surface area contributed by atoms with Gasteiger partial charge in [0.1, 0.15) is 5.75 Å². The average molecular weight is 353 g/mol. The molecule has 114 valence electrons. The van der Waals surface area contributed by atoms with Gasteiger partial charge in [-0.15, -0.1) is 0 Å². The van der Waals surface area contributed by atoms with E-state index >= 15 is 0 Å². The van der Waals surface area contributed by atoms with Crippen LogP contribution >= 0.6 is 15.9 Å². The van der Waals surface area contributed by atoms with Crippen LogP contribution in [0.15, 0.2) is 28.7 Å². The Morgan fingerprint density at radius 1 is 1.48 bits per heavy atom. The van der Waals surface area contributed by atoms with Crippen molar-refractivity contribution in [2.45, 2.75) is 45.1 Å². The topological polar surface area (TPSA) is 46.5 Å². The van der Waals surface area contributed by atoms with Crippen molar-refractivity contribution >= 4 is 28.0 Å². The van der Waals surface area contributed by atoms with E-state index in [1.807, 2.05) is 18.2 Å². The molecule has 1 aromatic rings. The molecule has 1 aromatic carbocycles. The second-order valence-corrected chi connectivity index (χ2v) is 6.40. The van der Waals surface area contributed by atoms with Gasteiger partial charge in [0.15, 0.2) is 0 Å². The van der Waals surface area contributed by atoms with E-state index in [2.05, 4.69) is 22.9 Å². The second kappa shape index (κ2) is 7.64. The fourth-order valence-electron chi connectivity index (χ4n) is 2.78. The van der Waals surface area contributed by atoms with Crippen molar-refractivity contribution in [2.24, 2.45) is 5.92 Å². The summed E-state index contributed by atoms with van der Waals surface area (Å²) in [6, 6.07) is 5.66. The molecule has 3 nitrogen and oxygen atoms in total. The summed E-state index contributed by atoms with van der Waals surface area (Å²) < 4.78 is 6.98. The Kier molecular flexibility index (Phi) is 5.85. The highest BCUT2D eigenvalue weighted by Crippen LogP contribution is 2.33. The molecule has 0 spiro atoms. The van der Waals surface area contributed by atoms with Gasteiger partial charge in [-0.3, -0.25) is 0 Å². The number of aliphatic carboxylic acids is 1. The minimum absolute atomic E-state index is 0.292. The van der Waals surface area contributed by atoms with Crippen molar-refractivity contribution < 1.29 is 14.6 Å². The van der Waals surface area contributed by atoms with E-state index in [-0.39, 0.29) is 0 Å². The predicted molar refractivity (Wildman–Crippen MR) is 87.5 cm³/mol. The molecule has 2 atom stereocenters. The molecule has 0 amide bonds. The minimum atomic E-state index is -0.945. The first-order chi connectivity index (χ1) is 10.1. The molecule has 1 saturated carbocycles. The van der Waals surface area contributed by atoms with Crippen molar-refractivity contribution in [1.82, 2.24) is 0 Å². The molecule has 2 rings (SSSR count). The van der Waals surface area contributed by atoms with E-state index in [1.165, 1.54) is 19.3 Å². The number of hydrogen-bond acceptors (Lipinski definition) is 2. The van der Waals surface area contributed by atoms with E-state index in [0.717, 1.165) is 40.6 Å². The van der Waals surface area contributed by atoms with Crippen LogP contribution in [0.25, 0.3) is 6.08 Å². The zero-order valence-corrected chi connectivity index (χ0v) is 13.8. The Labute approximate surface area is 134 Å². The number of carbonyl (C=O) groups is 1. The molecule has 0 radical (unpaired) electrons. The van der Waals surface area contributed by atoms with Crippen molar-refractivity contribution in [2.75, 3.05) is 0 Å². The maximum atomic E-state index is 10.5. The number of carboxylic acids is 1. The summed E-state index contributed by atoms with van der Waals surface area (Å²) in [6.07, 6.45) is 9.02. The van der Waals surface area contributed by atoms with E-state index in [4.69, 9.17) is 9.84 Å². The molecule has 1 aliphatic rings. The van der Waals surface area contributed by atoms with Gasteiger partial charge in [0.05, 0.1) is 10.6 Å². The van der Waals surface area contributed by atoms with Crippen LogP contribution in [-0.4, -0.2) is 17.2 Å². The molecule has 1 aliphatic carbocycles. The lowest BCUT2D eigenvalue weighted by molar-refractivity contribution is -0.131. The van der Waals surface area contributed by atoms with Gasteiger partial charge < -0.3 is 9.84 Å². The zero-order valence-electron chi connectivity index (χ0n) is 12.2. The Balaban J connectivity index is 2.02. The number of halogens is 1. The molecule has 0 aliphatic heterocycles. The molecule has 21 heavy (non-hydrogen) atoms. The van der Waals surface area contributed by atoms with Gasteiger partial charge in [0, 0.05) is 6.08 Å². The lowest BCUT2D eigenvalue weighted by Gasteiger charge is -2.29. The largest absolute Gasteiger partial charge is 0.489 e. The first-order valence-electron chi connectivity index (χ1n) is 7.45. The van der Waals surface area contributed by atoms with Crippen LogP contribution in [0, 0.1) is 5.92 Å². The summed E-state index contributed by atoms with van der Waals surface area (Å²) in [4.78, 5) is 10.5. The number of rotatable bonds is 5. The first-order valence-corrected chi connectivity index (χ1v) is 8.25. The molecule has 1 fully saturated rings. The lowest BCUT2D eigenvalue weighted by atomic mass is 9.85. The minimum Gasteiger partial charge on any atom is -0.489 e. The number of ether oxygens (including phenoxy) is 1. The van der Waals surface area contributed by atoms with E-state index in [9.17, 15) is 4.79 Å². The summed E-state index contributed by atoms with van der Waals surface area (Å²) >= 11 is 3.51. The highest BCUT2D eigenvalue weighted by Gasteiger charge is 2.22. The van der Waals surface area contributed by atoms with Crippen molar-refractivity contribution in [1.29, 1.82) is 0 Å². The van der Waals surface area contributed by atoms with Gasteiger partial charge in [0.25, 0.3) is 0 Å². The number of hydrogen-bond donors (Lipinski definition) is 1. The van der Waals surface area contributed by atoms with Gasteiger partial charge in [-0.25, -0.2) is 4.79 Å². The summed E-state index contributed by atoms with van der Waals surface area (Å²) in [5.41, 5.74) is 0.840. The van der Waals surface area contributed by atoms with Gasteiger partial charge in [-0.2, -0.15) is 0 Å². The molecule has 0 saturated heterocycles. The molecule has 4 heteroatoms. The van der Waals surface area contributed by atoms with Crippen LogP contribution in [0.1, 0.15) is 44.6 Å². The van der Waals surface area contributed by atoms with Crippen LogP contribution in [-0.2, 0) is 4.79 Å². The van der Waals surface area contributed by atoms with Gasteiger partial charge in [-0.1, -0.05) is 25.8 Å². The van der Waals surface area contributed by atoms with E-state index in [1.54, 1.807) is 6.08 Å². The molecular weight excluding hydrogens is 332 g/mol. The van der Waals surface area contributed by atoms with Crippen LogP contribution in [0.4, 0.5) is 0 Å². The smallest absolute Gasteiger partial charge is 0.328 e. The highest BCUT2D eigenvalue weighted by molar-refractivity contribution is 9.10. The average Bonchev–Trinajstić information content (AvgIpc) is 2.48. The van der Waals surface area contributed by atoms with E-state index in [0.29, 0.717) is 6.10 Å². The second-order valence-electron chi connectivity index (χ2n) is 5.54. The third-order valence-corrected chi connectivity index (χ3v) is 4.60. The number of carboxylic acid groups (broad SMARTS) is 1. The van der Waals surface area contributed by atoms with E-state index < -0.39 is 5.97 Å². The Morgan fingerprint density at radius 2 is 2.29 bits per heavy atom. The standard InChI is InChI=1S/C17H21BrO3/c1-2-12-4-3-5-14(10-12)21-16-8-6-13(11-15(16)18)7-9-17(19)20/h6-9,11-12,14H,2-5,10H2,1H3,(H,19,20). The summed E-state index contributed by atoms with van der Waals surface area (Å²) in [7, 11) is 0. The van der Waals surface area contributed by atoms with Crippen molar-refractivity contribution in [3.63, 3.8) is 0 Å². The zero-order chi connectivity index (χ0) is 15.2. The molecule has 1 N–H and O–H groups in total. The Morgan fingerprint density at radius 3 is 2.95 bits per heavy atom. The summed E-state index contributed by atoms with van der Waals surface area (Å²) in [5.74, 6) is 0.670. The third kappa shape index (κ3) is 4.88. The maximum Gasteiger partial charge on any atom is 0.328 e. The lowest BCUT2D eigenvalue weighted by Crippen LogP contribution is -2.25. The molecule has 2 unspecified atom stereocenters. The molecule has 0 bridgehead atoms. The Bertz CT molecular complexity index is 525. The highest BCUT2D eigenvalue weighted by atomic mass is 79.9. The van der Waals surface area contributed by atoms with Crippen molar-refractivity contribution in [3.05, 3.63) is 34.3 Å². The third-order valence-electron chi connectivity index (χ3n) is 3.98.